The zero-order chi connectivity index (χ0) is 14.9. The summed E-state index contributed by atoms with van der Waals surface area (Å²) in [5.41, 5.74) is 3.40. The number of hydrogen-bond donors (Lipinski definition) is 1. The Labute approximate surface area is 119 Å². The number of aromatic nitrogens is 1. The van der Waals surface area contributed by atoms with Gasteiger partial charge in [-0.25, -0.2) is 0 Å². The van der Waals surface area contributed by atoms with Crippen molar-refractivity contribution in [2.75, 3.05) is 7.11 Å². The standard InChI is InChI=1S/C16H21NO3/c1-10-13(9-18)15(17-20-10)12-8-11(16(2,3)4)6-7-14(12)19-5/h6-8,18H,9H2,1-5H3. The predicted octanol–water partition coefficient (Wildman–Crippen LogP) is 3.45. The first-order valence-electron chi connectivity index (χ1n) is 6.63. The van der Waals surface area contributed by atoms with Gasteiger partial charge in [0.15, 0.2) is 0 Å². The van der Waals surface area contributed by atoms with E-state index in [1.807, 2.05) is 12.1 Å². The number of hydrogen-bond acceptors (Lipinski definition) is 4. The second kappa shape index (κ2) is 5.29. The van der Waals surface area contributed by atoms with Gasteiger partial charge < -0.3 is 14.4 Å². The summed E-state index contributed by atoms with van der Waals surface area (Å²) >= 11 is 0. The minimum atomic E-state index is -0.104. The molecule has 20 heavy (non-hydrogen) atoms. The number of aryl methyl sites for hydroxylation is 1. The predicted molar refractivity (Wildman–Crippen MR) is 77.9 cm³/mol. The average molecular weight is 275 g/mol. The van der Waals surface area contributed by atoms with Gasteiger partial charge in [-0.05, 0) is 30.0 Å². The van der Waals surface area contributed by atoms with E-state index in [1.54, 1.807) is 14.0 Å². The molecule has 0 radical (unpaired) electrons. The van der Waals surface area contributed by atoms with Gasteiger partial charge in [0.05, 0.1) is 13.7 Å². The molecular formula is C16H21NO3. The van der Waals surface area contributed by atoms with Gasteiger partial charge in [-0.1, -0.05) is 32.0 Å². The second-order valence-corrected chi connectivity index (χ2v) is 5.89. The Morgan fingerprint density at radius 2 is 2.00 bits per heavy atom. The van der Waals surface area contributed by atoms with E-state index in [2.05, 4.69) is 32.0 Å². The van der Waals surface area contributed by atoms with Crippen LogP contribution in [0.3, 0.4) is 0 Å². The topological polar surface area (TPSA) is 55.5 Å². The Morgan fingerprint density at radius 1 is 1.30 bits per heavy atom. The molecule has 1 aromatic heterocycles. The molecule has 1 N–H and O–H groups in total. The summed E-state index contributed by atoms with van der Waals surface area (Å²) in [5, 5.41) is 13.6. The molecule has 1 aromatic carbocycles. The molecule has 1 heterocycles. The maximum atomic E-state index is 9.50. The Balaban J connectivity index is 2.64. The van der Waals surface area contributed by atoms with Crippen molar-refractivity contribution in [1.29, 1.82) is 0 Å². The van der Waals surface area contributed by atoms with Crippen molar-refractivity contribution in [3.8, 4) is 17.0 Å². The van der Waals surface area contributed by atoms with Gasteiger partial charge in [-0.15, -0.1) is 0 Å². The fourth-order valence-corrected chi connectivity index (χ4v) is 2.15. The van der Waals surface area contributed by atoms with Gasteiger partial charge in [-0.2, -0.15) is 0 Å². The van der Waals surface area contributed by atoms with Crippen LogP contribution in [0.4, 0.5) is 0 Å². The molecule has 0 aliphatic rings. The maximum absolute atomic E-state index is 9.50. The van der Waals surface area contributed by atoms with Crippen molar-refractivity contribution in [1.82, 2.24) is 5.16 Å². The third-order valence-corrected chi connectivity index (χ3v) is 3.46. The number of nitrogens with zero attached hydrogens (tertiary/aromatic N) is 1. The largest absolute Gasteiger partial charge is 0.496 e. The van der Waals surface area contributed by atoms with E-state index >= 15 is 0 Å². The number of aliphatic hydroxyl groups is 1. The molecule has 4 heteroatoms. The summed E-state index contributed by atoms with van der Waals surface area (Å²) in [6.45, 7) is 8.15. The molecule has 2 aromatic rings. The molecule has 108 valence electrons. The summed E-state index contributed by atoms with van der Waals surface area (Å²) in [6.07, 6.45) is 0. The molecule has 0 aliphatic heterocycles. The van der Waals surface area contributed by atoms with Crippen molar-refractivity contribution in [2.24, 2.45) is 0 Å². The van der Waals surface area contributed by atoms with Crippen LogP contribution in [-0.2, 0) is 12.0 Å². The highest BCUT2D eigenvalue weighted by atomic mass is 16.5. The lowest BCUT2D eigenvalue weighted by Gasteiger charge is -2.20. The Kier molecular flexibility index (Phi) is 3.86. The van der Waals surface area contributed by atoms with E-state index in [0.29, 0.717) is 17.0 Å². The van der Waals surface area contributed by atoms with E-state index in [9.17, 15) is 5.11 Å². The van der Waals surface area contributed by atoms with Crippen LogP contribution < -0.4 is 4.74 Å². The zero-order valence-electron chi connectivity index (χ0n) is 12.7. The minimum Gasteiger partial charge on any atom is -0.496 e. The van der Waals surface area contributed by atoms with Crippen LogP contribution in [0.15, 0.2) is 22.7 Å². The van der Waals surface area contributed by atoms with Crippen LogP contribution in [0.25, 0.3) is 11.3 Å². The number of rotatable bonds is 3. The summed E-state index contributed by atoms with van der Waals surface area (Å²) in [5.74, 6) is 1.35. The molecule has 0 amide bonds. The van der Waals surface area contributed by atoms with E-state index in [4.69, 9.17) is 9.26 Å². The Morgan fingerprint density at radius 3 is 2.55 bits per heavy atom. The quantitative estimate of drug-likeness (QED) is 0.932. The molecular weight excluding hydrogens is 254 g/mol. The fourth-order valence-electron chi connectivity index (χ4n) is 2.15. The van der Waals surface area contributed by atoms with Crippen molar-refractivity contribution in [3.05, 3.63) is 35.1 Å². The van der Waals surface area contributed by atoms with Crippen molar-refractivity contribution >= 4 is 0 Å². The lowest BCUT2D eigenvalue weighted by molar-refractivity contribution is 0.278. The van der Waals surface area contributed by atoms with Crippen LogP contribution in [-0.4, -0.2) is 17.4 Å². The van der Waals surface area contributed by atoms with Gasteiger partial charge >= 0.3 is 0 Å². The highest BCUT2D eigenvalue weighted by Crippen LogP contribution is 2.36. The van der Waals surface area contributed by atoms with E-state index in [1.165, 1.54) is 5.56 Å². The monoisotopic (exact) mass is 275 g/mol. The summed E-state index contributed by atoms with van der Waals surface area (Å²) < 4.78 is 10.6. The molecule has 0 unspecified atom stereocenters. The summed E-state index contributed by atoms with van der Waals surface area (Å²) in [7, 11) is 1.63. The highest BCUT2D eigenvalue weighted by molar-refractivity contribution is 5.71. The van der Waals surface area contributed by atoms with Crippen LogP contribution in [0.2, 0.25) is 0 Å². The third-order valence-electron chi connectivity index (χ3n) is 3.46. The lowest BCUT2D eigenvalue weighted by Crippen LogP contribution is -2.11. The Bertz CT molecular complexity index is 609. The van der Waals surface area contributed by atoms with Crippen LogP contribution in [0.1, 0.15) is 37.7 Å². The number of benzene rings is 1. The van der Waals surface area contributed by atoms with Gasteiger partial charge in [0, 0.05) is 11.1 Å². The molecule has 0 bridgehead atoms. The highest BCUT2D eigenvalue weighted by Gasteiger charge is 2.21. The van der Waals surface area contributed by atoms with Gasteiger partial charge in [0.2, 0.25) is 0 Å². The van der Waals surface area contributed by atoms with Crippen LogP contribution in [0.5, 0.6) is 5.75 Å². The SMILES string of the molecule is COc1ccc(C(C)(C)C)cc1-c1noc(C)c1CO. The number of ether oxygens (including phenoxy) is 1. The smallest absolute Gasteiger partial charge is 0.139 e. The van der Waals surface area contributed by atoms with E-state index < -0.39 is 0 Å². The summed E-state index contributed by atoms with van der Waals surface area (Å²) in [6, 6.07) is 6.03. The number of aliphatic hydroxyl groups excluding tert-OH is 1. The van der Waals surface area contributed by atoms with E-state index in [-0.39, 0.29) is 12.0 Å². The molecule has 0 saturated carbocycles. The minimum absolute atomic E-state index is 0.0270. The maximum Gasteiger partial charge on any atom is 0.139 e. The molecule has 4 nitrogen and oxygen atoms in total. The van der Waals surface area contributed by atoms with Gasteiger partial charge in [-0.3, -0.25) is 0 Å². The Hall–Kier alpha value is -1.81. The average Bonchev–Trinajstić information content (AvgIpc) is 2.77. The zero-order valence-corrected chi connectivity index (χ0v) is 12.7. The normalized spacial score (nSPS) is 11.7. The third kappa shape index (κ3) is 2.56. The summed E-state index contributed by atoms with van der Waals surface area (Å²) in [4.78, 5) is 0. The fraction of sp³-hybridized carbons (Fsp3) is 0.438. The first kappa shape index (κ1) is 14.6. The lowest BCUT2D eigenvalue weighted by atomic mass is 9.85. The second-order valence-electron chi connectivity index (χ2n) is 5.89. The van der Waals surface area contributed by atoms with Crippen molar-refractivity contribution in [2.45, 2.75) is 39.7 Å². The molecule has 2 rings (SSSR count). The van der Waals surface area contributed by atoms with E-state index in [0.717, 1.165) is 11.3 Å². The molecule has 0 spiro atoms. The molecule has 0 atom stereocenters. The number of methoxy groups -OCH3 is 1. The molecule has 0 saturated heterocycles. The molecule has 0 aliphatic carbocycles. The van der Waals surface area contributed by atoms with Gasteiger partial charge in [0.1, 0.15) is 17.2 Å². The van der Waals surface area contributed by atoms with Crippen molar-refractivity contribution in [3.63, 3.8) is 0 Å². The van der Waals surface area contributed by atoms with Gasteiger partial charge in [0.25, 0.3) is 0 Å². The molecule has 0 fully saturated rings. The van der Waals surface area contributed by atoms with Crippen molar-refractivity contribution < 1.29 is 14.4 Å². The van der Waals surface area contributed by atoms with Crippen LogP contribution in [0, 0.1) is 6.92 Å². The first-order chi connectivity index (χ1) is 9.38. The first-order valence-corrected chi connectivity index (χ1v) is 6.63. The van der Waals surface area contributed by atoms with Crippen LogP contribution >= 0.6 is 0 Å².